The molecule has 1 aliphatic rings. The van der Waals surface area contributed by atoms with E-state index in [2.05, 4.69) is 10.3 Å². The van der Waals surface area contributed by atoms with E-state index >= 15 is 0 Å². The van der Waals surface area contributed by atoms with Gasteiger partial charge in [-0.05, 0) is 31.2 Å². The predicted octanol–water partition coefficient (Wildman–Crippen LogP) is 0.499. The molecule has 0 saturated carbocycles. The third kappa shape index (κ3) is 6.94. The molecule has 30 heavy (non-hydrogen) atoms. The van der Waals surface area contributed by atoms with Gasteiger partial charge in [0.1, 0.15) is 18.7 Å². The fourth-order valence-electron chi connectivity index (χ4n) is 3.28. The molecule has 1 aliphatic heterocycles. The number of benzene rings is 1. The second-order valence-electron chi connectivity index (χ2n) is 6.92. The van der Waals surface area contributed by atoms with Gasteiger partial charge in [0.2, 0.25) is 5.91 Å². The molecule has 2 rings (SSSR count). The SMILES string of the molecule is COC(=O)[C@H]1CCCN1C(=O)[C@@H](CCCN=C(N)N)NC(=O)OCc1ccccc1. The van der Waals surface area contributed by atoms with E-state index in [4.69, 9.17) is 20.9 Å². The molecule has 0 spiro atoms. The molecule has 1 heterocycles. The van der Waals surface area contributed by atoms with Crippen molar-refractivity contribution < 1.29 is 23.9 Å². The number of aliphatic imine (C=N–C) groups is 1. The minimum atomic E-state index is -0.868. The van der Waals surface area contributed by atoms with Gasteiger partial charge in [0.25, 0.3) is 0 Å². The van der Waals surface area contributed by atoms with E-state index in [9.17, 15) is 14.4 Å². The van der Waals surface area contributed by atoms with Gasteiger partial charge in [0.15, 0.2) is 5.96 Å². The number of alkyl carbamates (subject to hydrolysis) is 1. The number of guanidine groups is 1. The highest BCUT2D eigenvalue weighted by Crippen LogP contribution is 2.20. The number of hydrogen-bond acceptors (Lipinski definition) is 6. The van der Waals surface area contributed by atoms with E-state index in [0.717, 1.165) is 5.56 Å². The number of methoxy groups -OCH3 is 1. The predicted molar refractivity (Wildman–Crippen MR) is 110 cm³/mol. The molecule has 0 aliphatic carbocycles. The van der Waals surface area contributed by atoms with Gasteiger partial charge in [-0.1, -0.05) is 30.3 Å². The molecule has 1 fully saturated rings. The number of hydrogen-bond donors (Lipinski definition) is 3. The van der Waals surface area contributed by atoms with Gasteiger partial charge >= 0.3 is 12.1 Å². The minimum Gasteiger partial charge on any atom is -0.467 e. The van der Waals surface area contributed by atoms with Crippen LogP contribution in [-0.4, -0.2) is 61.1 Å². The number of nitrogens with zero attached hydrogens (tertiary/aromatic N) is 2. The average Bonchev–Trinajstić information content (AvgIpc) is 3.23. The van der Waals surface area contributed by atoms with E-state index < -0.39 is 24.1 Å². The first kappa shape index (κ1) is 23.0. The molecular weight excluding hydrogens is 390 g/mol. The molecule has 0 radical (unpaired) electrons. The molecule has 0 bridgehead atoms. The van der Waals surface area contributed by atoms with Gasteiger partial charge in [0.05, 0.1) is 7.11 Å². The molecule has 1 aromatic carbocycles. The van der Waals surface area contributed by atoms with Crippen LogP contribution >= 0.6 is 0 Å². The molecule has 2 amide bonds. The Hall–Kier alpha value is -3.30. The van der Waals surface area contributed by atoms with Gasteiger partial charge in [-0.25, -0.2) is 9.59 Å². The number of likely N-dealkylation sites (tertiary alicyclic amines) is 1. The molecular formula is C20H29N5O5. The minimum absolute atomic E-state index is 0.0431. The Kier molecular flexibility index (Phi) is 8.92. The van der Waals surface area contributed by atoms with Crippen molar-refractivity contribution in [3.8, 4) is 0 Å². The van der Waals surface area contributed by atoms with E-state index in [1.165, 1.54) is 12.0 Å². The number of carbonyl (C=O) groups is 3. The van der Waals surface area contributed by atoms with Crippen LogP contribution in [0.2, 0.25) is 0 Å². The van der Waals surface area contributed by atoms with Crippen molar-refractivity contribution in [2.75, 3.05) is 20.2 Å². The smallest absolute Gasteiger partial charge is 0.408 e. The zero-order valence-electron chi connectivity index (χ0n) is 17.1. The Morgan fingerprint density at radius 2 is 2.00 bits per heavy atom. The maximum absolute atomic E-state index is 13.1. The Balaban J connectivity index is 2.01. The first-order chi connectivity index (χ1) is 14.4. The summed E-state index contributed by atoms with van der Waals surface area (Å²) in [5.41, 5.74) is 11.5. The Morgan fingerprint density at radius 1 is 1.27 bits per heavy atom. The second kappa shape index (κ2) is 11.6. The third-order valence-electron chi connectivity index (χ3n) is 4.76. The molecule has 5 N–H and O–H groups in total. The summed E-state index contributed by atoms with van der Waals surface area (Å²) in [6, 6.07) is 7.69. The molecule has 0 unspecified atom stereocenters. The quantitative estimate of drug-likeness (QED) is 0.228. The van der Waals surface area contributed by atoms with Gasteiger partial charge in [-0.3, -0.25) is 9.79 Å². The van der Waals surface area contributed by atoms with E-state index in [1.807, 2.05) is 30.3 Å². The number of ether oxygens (including phenoxy) is 2. The maximum Gasteiger partial charge on any atom is 0.408 e. The number of amides is 2. The number of nitrogens with one attached hydrogen (secondary N) is 1. The summed E-state index contributed by atoms with van der Waals surface area (Å²) in [7, 11) is 1.29. The van der Waals surface area contributed by atoms with Crippen LogP contribution in [0.25, 0.3) is 0 Å². The lowest BCUT2D eigenvalue weighted by atomic mass is 10.1. The monoisotopic (exact) mass is 419 g/mol. The van der Waals surface area contributed by atoms with Crippen molar-refractivity contribution in [3.63, 3.8) is 0 Å². The highest BCUT2D eigenvalue weighted by atomic mass is 16.5. The molecule has 1 saturated heterocycles. The van der Waals surface area contributed by atoms with Gasteiger partial charge in [-0.15, -0.1) is 0 Å². The summed E-state index contributed by atoms with van der Waals surface area (Å²) in [6.07, 6.45) is 1.25. The van der Waals surface area contributed by atoms with Crippen LogP contribution < -0.4 is 16.8 Å². The lowest BCUT2D eigenvalue weighted by Crippen LogP contribution is -2.52. The molecule has 10 nitrogen and oxygen atoms in total. The maximum atomic E-state index is 13.1. The summed E-state index contributed by atoms with van der Waals surface area (Å²) in [4.78, 5) is 42.7. The van der Waals surface area contributed by atoms with Crippen molar-refractivity contribution in [2.24, 2.45) is 16.5 Å². The fourth-order valence-corrected chi connectivity index (χ4v) is 3.28. The van der Waals surface area contributed by atoms with Crippen molar-refractivity contribution in [3.05, 3.63) is 35.9 Å². The second-order valence-corrected chi connectivity index (χ2v) is 6.92. The van der Waals surface area contributed by atoms with Crippen LogP contribution in [0.4, 0.5) is 4.79 Å². The molecule has 0 aromatic heterocycles. The normalized spacial score (nSPS) is 16.4. The lowest BCUT2D eigenvalue weighted by Gasteiger charge is -2.27. The van der Waals surface area contributed by atoms with Crippen LogP contribution in [0, 0.1) is 0 Å². The van der Waals surface area contributed by atoms with Crippen LogP contribution in [-0.2, 0) is 25.7 Å². The standard InChI is InChI=1S/C20H29N5O5/c1-29-18(27)16-10-6-12-25(16)17(26)15(9-5-11-23-19(21)22)24-20(28)30-13-14-7-3-2-4-8-14/h2-4,7-8,15-16H,5-6,9-13H2,1H3,(H,24,28)(H4,21,22,23)/t15-,16-/m1/s1. The van der Waals surface area contributed by atoms with Crippen LogP contribution in [0.15, 0.2) is 35.3 Å². The third-order valence-corrected chi connectivity index (χ3v) is 4.76. The zero-order valence-corrected chi connectivity index (χ0v) is 17.1. The Morgan fingerprint density at radius 3 is 2.67 bits per heavy atom. The van der Waals surface area contributed by atoms with Crippen LogP contribution in [0.5, 0.6) is 0 Å². The molecule has 2 atom stereocenters. The summed E-state index contributed by atoms with van der Waals surface area (Å²) >= 11 is 0. The van der Waals surface area contributed by atoms with E-state index in [0.29, 0.717) is 38.8 Å². The first-order valence-corrected chi connectivity index (χ1v) is 9.83. The number of rotatable bonds is 9. The molecule has 10 heteroatoms. The van der Waals surface area contributed by atoms with E-state index in [-0.39, 0.29) is 18.5 Å². The van der Waals surface area contributed by atoms with Crippen molar-refractivity contribution in [1.82, 2.24) is 10.2 Å². The molecule has 1 aromatic rings. The van der Waals surface area contributed by atoms with Crippen LogP contribution in [0.1, 0.15) is 31.2 Å². The highest BCUT2D eigenvalue weighted by molar-refractivity contribution is 5.90. The summed E-state index contributed by atoms with van der Waals surface area (Å²) in [5, 5.41) is 2.61. The van der Waals surface area contributed by atoms with Gasteiger partial charge < -0.3 is 31.2 Å². The summed E-state index contributed by atoms with van der Waals surface area (Å²) < 4.78 is 10.0. The average molecular weight is 419 g/mol. The highest BCUT2D eigenvalue weighted by Gasteiger charge is 2.38. The van der Waals surface area contributed by atoms with Gasteiger partial charge in [-0.2, -0.15) is 0 Å². The summed E-state index contributed by atoms with van der Waals surface area (Å²) in [6.45, 7) is 0.813. The lowest BCUT2D eigenvalue weighted by molar-refractivity contribution is -0.151. The van der Waals surface area contributed by atoms with Crippen molar-refractivity contribution in [2.45, 2.75) is 44.4 Å². The topological polar surface area (TPSA) is 149 Å². The first-order valence-electron chi connectivity index (χ1n) is 9.83. The van der Waals surface area contributed by atoms with E-state index in [1.54, 1.807) is 0 Å². The summed E-state index contributed by atoms with van der Waals surface area (Å²) in [5.74, 6) is -0.866. The number of carbonyl (C=O) groups excluding carboxylic acids is 3. The number of nitrogens with two attached hydrogens (primary N) is 2. The Labute approximate surface area is 175 Å². The van der Waals surface area contributed by atoms with Crippen LogP contribution in [0.3, 0.4) is 0 Å². The van der Waals surface area contributed by atoms with Gasteiger partial charge in [0, 0.05) is 13.1 Å². The van der Waals surface area contributed by atoms with Crippen molar-refractivity contribution in [1.29, 1.82) is 0 Å². The van der Waals surface area contributed by atoms with Crippen molar-refractivity contribution >= 4 is 23.9 Å². The fraction of sp³-hybridized carbons (Fsp3) is 0.500. The largest absolute Gasteiger partial charge is 0.467 e. The number of esters is 1. The molecule has 164 valence electrons. The Bertz CT molecular complexity index is 751. The zero-order chi connectivity index (χ0) is 21.9.